The molecule has 0 saturated heterocycles. The SMILES string of the molecule is Nc1nc2cc(Br)ccc2n1-c1ccc(Br)cc1F. The third kappa shape index (κ3) is 2.15. The number of imidazole rings is 1. The molecule has 1 heterocycles. The van der Waals surface area contributed by atoms with Gasteiger partial charge in [-0.2, -0.15) is 0 Å². The number of halogens is 3. The number of rotatable bonds is 1. The van der Waals surface area contributed by atoms with Crippen LogP contribution in [0.3, 0.4) is 0 Å². The van der Waals surface area contributed by atoms with E-state index in [1.54, 1.807) is 16.7 Å². The lowest BCUT2D eigenvalue weighted by molar-refractivity contribution is 0.619. The highest BCUT2D eigenvalue weighted by atomic mass is 79.9. The van der Waals surface area contributed by atoms with Crippen LogP contribution in [0.2, 0.25) is 0 Å². The molecular formula is C13H8Br2FN3. The number of aromatic nitrogens is 2. The molecule has 0 radical (unpaired) electrons. The van der Waals surface area contributed by atoms with Gasteiger partial charge in [0.1, 0.15) is 5.82 Å². The summed E-state index contributed by atoms with van der Waals surface area (Å²) in [6, 6.07) is 10.4. The van der Waals surface area contributed by atoms with Crippen LogP contribution in [0.15, 0.2) is 45.3 Å². The minimum Gasteiger partial charge on any atom is -0.369 e. The van der Waals surface area contributed by atoms with E-state index in [4.69, 9.17) is 5.73 Å². The number of nitrogen functional groups attached to an aromatic ring is 1. The summed E-state index contributed by atoms with van der Waals surface area (Å²) in [5, 5.41) is 0. The average Bonchev–Trinajstić information content (AvgIpc) is 2.65. The van der Waals surface area contributed by atoms with Crippen molar-refractivity contribution in [1.29, 1.82) is 0 Å². The molecule has 3 nitrogen and oxygen atoms in total. The molecule has 0 unspecified atom stereocenters. The minimum atomic E-state index is -0.358. The number of benzene rings is 2. The van der Waals surface area contributed by atoms with Crippen molar-refractivity contribution in [2.24, 2.45) is 0 Å². The van der Waals surface area contributed by atoms with Crippen molar-refractivity contribution in [3.63, 3.8) is 0 Å². The van der Waals surface area contributed by atoms with Crippen LogP contribution < -0.4 is 5.73 Å². The van der Waals surface area contributed by atoms with Crippen LogP contribution in [0.5, 0.6) is 0 Å². The molecule has 0 spiro atoms. The normalized spacial score (nSPS) is 11.1. The molecule has 0 aliphatic rings. The number of nitrogens with two attached hydrogens (primary N) is 1. The second-order valence-corrected chi connectivity index (χ2v) is 5.87. The predicted octanol–water partition coefficient (Wildman–Crippen LogP) is 4.27. The molecule has 2 aromatic carbocycles. The maximum atomic E-state index is 14.1. The Bertz CT molecular complexity index is 783. The first kappa shape index (κ1) is 12.6. The van der Waals surface area contributed by atoms with Crippen molar-refractivity contribution in [1.82, 2.24) is 9.55 Å². The van der Waals surface area contributed by atoms with Gasteiger partial charge in [0.25, 0.3) is 0 Å². The third-order valence-corrected chi connectivity index (χ3v) is 3.78. The molecule has 0 saturated carbocycles. The van der Waals surface area contributed by atoms with Gasteiger partial charge in [-0.05, 0) is 36.4 Å². The molecule has 3 aromatic rings. The van der Waals surface area contributed by atoms with Crippen molar-refractivity contribution in [2.75, 3.05) is 5.73 Å². The van der Waals surface area contributed by atoms with Crippen molar-refractivity contribution >= 4 is 48.8 Å². The number of nitrogens with zero attached hydrogens (tertiary/aromatic N) is 2. The standard InChI is InChI=1S/C13H8Br2FN3/c14-7-1-3-11(9(16)5-7)19-12-4-2-8(15)6-10(12)18-13(19)17/h1-6H,(H2,17,18). The molecule has 0 fully saturated rings. The minimum absolute atomic E-state index is 0.259. The van der Waals surface area contributed by atoms with Crippen LogP contribution in [0.4, 0.5) is 10.3 Å². The van der Waals surface area contributed by atoms with Crippen LogP contribution >= 0.6 is 31.9 Å². The molecule has 0 amide bonds. The summed E-state index contributed by atoms with van der Waals surface area (Å²) in [7, 11) is 0. The maximum Gasteiger partial charge on any atom is 0.206 e. The maximum absolute atomic E-state index is 14.1. The third-order valence-electron chi connectivity index (χ3n) is 2.79. The molecular weight excluding hydrogens is 377 g/mol. The fourth-order valence-corrected chi connectivity index (χ4v) is 2.67. The van der Waals surface area contributed by atoms with Gasteiger partial charge < -0.3 is 5.73 Å². The molecule has 19 heavy (non-hydrogen) atoms. The predicted molar refractivity (Wildman–Crippen MR) is 80.8 cm³/mol. The Kier molecular flexibility index (Phi) is 3.06. The molecule has 0 bridgehead atoms. The number of hydrogen-bond donors (Lipinski definition) is 1. The van der Waals surface area contributed by atoms with Gasteiger partial charge in [0.05, 0.1) is 16.7 Å². The topological polar surface area (TPSA) is 43.8 Å². The van der Waals surface area contributed by atoms with E-state index in [2.05, 4.69) is 36.8 Å². The van der Waals surface area contributed by atoms with Crippen LogP contribution in [0, 0.1) is 5.82 Å². The zero-order valence-electron chi connectivity index (χ0n) is 9.57. The summed E-state index contributed by atoms with van der Waals surface area (Å²) in [4.78, 5) is 4.25. The van der Waals surface area contributed by atoms with Gasteiger partial charge in [0, 0.05) is 8.95 Å². The average molecular weight is 385 g/mol. The number of anilines is 1. The van der Waals surface area contributed by atoms with E-state index in [1.165, 1.54) is 6.07 Å². The smallest absolute Gasteiger partial charge is 0.206 e. The largest absolute Gasteiger partial charge is 0.369 e. The van der Waals surface area contributed by atoms with Crippen LogP contribution in [0.1, 0.15) is 0 Å². The van der Waals surface area contributed by atoms with Gasteiger partial charge in [0.2, 0.25) is 5.95 Å². The Morgan fingerprint density at radius 3 is 2.47 bits per heavy atom. The van der Waals surface area contributed by atoms with Crippen LogP contribution in [0.25, 0.3) is 16.7 Å². The summed E-state index contributed by atoms with van der Waals surface area (Å²) in [5.74, 6) is -0.0994. The summed E-state index contributed by atoms with van der Waals surface area (Å²) in [5.41, 5.74) is 7.76. The molecule has 0 aliphatic heterocycles. The monoisotopic (exact) mass is 383 g/mol. The van der Waals surface area contributed by atoms with E-state index in [0.717, 1.165) is 9.99 Å². The van der Waals surface area contributed by atoms with E-state index in [0.29, 0.717) is 15.7 Å². The Labute approximate surface area is 125 Å². The summed E-state index contributed by atoms with van der Waals surface area (Å²) < 4.78 is 17.2. The van der Waals surface area contributed by atoms with Crippen LogP contribution in [-0.4, -0.2) is 9.55 Å². The fourth-order valence-electron chi connectivity index (χ4n) is 1.99. The summed E-state index contributed by atoms with van der Waals surface area (Å²) in [6.45, 7) is 0. The first-order chi connectivity index (χ1) is 9.06. The highest BCUT2D eigenvalue weighted by molar-refractivity contribution is 9.10. The van der Waals surface area contributed by atoms with E-state index >= 15 is 0 Å². The Morgan fingerprint density at radius 1 is 1.05 bits per heavy atom. The Hall–Kier alpha value is -1.40. The van der Waals surface area contributed by atoms with Gasteiger partial charge in [-0.15, -0.1) is 0 Å². The van der Waals surface area contributed by atoms with E-state index < -0.39 is 0 Å². The van der Waals surface area contributed by atoms with Gasteiger partial charge >= 0.3 is 0 Å². The quantitative estimate of drug-likeness (QED) is 0.680. The number of hydrogen-bond acceptors (Lipinski definition) is 2. The van der Waals surface area contributed by atoms with Crippen molar-refractivity contribution in [2.45, 2.75) is 0 Å². The zero-order valence-corrected chi connectivity index (χ0v) is 12.7. The molecule has 96 valence electrons. The lowest BCUT2D eigenvalue weighted by Crippen LogP contribution is -2.02. The Morgan fingerprint density at radius 2 is 1.74 bits per heavy atom. The summed E-state index contributed by atoms with van der Waals surface area (Å²) in [6.07, 6.45) is 0. The zero-order chi connectivity index (χ0) is 13.6. The van der Waals surface area contributed by atoms with E-state index in [-0.39, 0.29) is 11.8 Å². The van der Waals surface area contributed by atoms with Gasteiger partial charge in [-0.1, -0.05) is 31.9 Å². The second-order valence-electron chi connectivity index (χ2n) is 4.03. The van der Waals surface area contributed by atoms with Crippen molar-refractivity contribution in [3.05, 3.63) is 51.2 Å². The highest BCUT2D eigenvalue weighted by Gasteiger charge is 2.13. The molecule has 1 aromatic heterocycles. The fraction of sp³-hybridized carbons (Fsp3) is 0. The summed E-state index contributed by atoms with van der Waals surface area (Å²) >= 11 is 6.61. The highest BCUT2D eigenvalue weighted by Crippen LogP contribution is 2.28. The van der Waals surface area contributed by atoms with E-state index in [1.807, 2.05) is 18.2 Å². The molecule has 3 rings (SSSR count). The first-order valence-corrected chi connectivity index (χ1v) is 7.04. The number of fused-ring (bicyclic) bond motifs is 1. The van der Waals surface area contributed by atoms with Gasteiger partial charge in [-0.3, -0.25) is 4.57 Å². The molecule has 6 heteroatoms. The van der Waals surface area contributed by atoms with Gasteiger partial charge in [0.15, 0.2) is 0 Å². The molecule has 2 N–H and O–H groups in total. The lowest BCUT2D eigenvalue weighted by Gasteiger charge is -2.08. The first-order valence-electron chi connectivity index (χ1n) is 5.45. The van der Waals surface area contributed by atoms with Crippen molar-refractivity contribution < 1.29 is 4.39 Å². The second kappa shape index (κ2) is 4.61. The molecule has 0 atom stereocenters. The van der Waals surface area contributed by atoms with Crippen molar-refractivity contribution in [3.8, 4) is 5.69 Å². The Balaban J connectivity index is 2.33. The van der Waals surface area contributed by atoms with Crippen LogP contribution in [-0.2, 0) is 0 Å². The van der Waals surface area contributed by atoms with E-state index in [9.17, 15) is 4.39 Å². The van der Waals surface area contributed by atoms with Gasteiger partial charge in [-0.25, -0.2) is 9.37 Å². The lowest BCUT2D eigenvalue weighted by atomic mass is 10.2. The molecule has 0 aliphatic carbocycles.